The van der Waals surface area contributed by atoms with Crippen LogP contribution in [0, 0.1) is 6.92 Å². The summed E-state index contributed by atoms with van der Waals surface area (Å²) in [5, 5.41) is 12.6. The number of carbonyl (C=O) groups excluding carboxylic acids is 2. The molecular formula is C39H34N8O5. The molecule has 0 spiro atoms. The first-order valence-corrected chi connectivity index (χ1v) is 16.6. The van der Waals surface area contributed by atoms with E-state index in [1.54, 1.807) is 42.1 Å². The second-order valence-electron chi connectivity index (χ2n) is 12.4. The van der Waals surface area contributed by atoms with Crippen molar-refractivity contribution in [1.82, 2.24) is 40.2 Å². The molecule has 3 heterocycles. The highest BCUT2D eigenvalue weighted by Gasteiger charge is 2.18. The van der Waals surface area contributed by atoms with Crippen LogP contribution in [-0.2, 0) is 4.79 Å². The minimum absolute atomic E-state index is 0.00926. The monoisotopic (exact) mass is 694 g/mol. The van der Waals surface area contributed by atoms with Gasteiger partial charge in [0, 0.05) is 73.1 Å². The summed E-state index contributed by atoms with van der Waals surface area (Å²) in [4.78, 5) is 41.7. The fraction of sp³-hybridized carbons (Fsp3) is 0.179. The molecule has 0 aliphatic carbocycles. The van der Waals surface area contributed by atoms with E-state index in [1.807, 2.05) is 85.8 Å². The molecule has 0 aliphatic heterocycles. The highest BCUT2D eigenvalue weighted by atomic mass is 16.5. The van der Waals surface area contributed by atoms with Crippen LogP contribution in [0.15, 0.2) is 111 Å². The van der Waals surface area contributed by atoms with Gasteiger partial charge in [0.2, 0.25) is 23.4 Å². The van der Waals surface area contributed by atoms with E-state index in [-0.39, 0.29) is 17.7 Å². The van der Waals surface area contributed by atoms with E-state index in [1.165, 1.54) is 6.92 Å². The third-order valence-electron chi connectivity index (χ3n) is 8.52. The summed E-state index contributed by atoms with van der Waals surface area (Å²) < 4.78 is 16.8. The van der Waals surface area contributed by atoms with Crippen LogP contribution >= 0.6 is 0 Å². The summed E-state index contributed by atoms with van der Waals surface area (Å²) in [5.74, 6) is 2.08. The molecule has 0 unspecified atom stereocenters. The first-order valence-electron chi connectivity index (χ1n) is 16.6. The number of benzene rings is 4. The van der Waals surface area contributed by atoms with Gasteiger partial charge in [0.15, 0.2) is 0 Å². The van der Waals surface area contributed by atoms with Crippen molar-refractivity contribution in [2.45, 2.75) is 20.3 Å². The summed E-state index contributed by atoms with van der Waals surface area (Å²) >= 11 is 0. The number of hydrogen-bond donors (Lipinski definition) is 0. The van der Waals surface area contributed by atoms with Crippen molar-refractivity contribution < 1.29 is 23.2 Å². The summed E-state index contributed by atoms with van der Waals surface area (Å²) in [6.07, 6.45) is 0.668. The number of nitrogens with zero attached hydrogens (tertiary/aromatic N) is 8. The number of amides is 2. The molecule has 13 heteroatoms. The zero-order chi connectivity index (χ0) is 36.2. The zero-order valence-electron chi connectivity index (χ0n) is 29.0. The van der Waals surface area contributed by atoms with Gasteiger partial charge in [0.25, 0.3) is 23.6 Å². The van der Waals surface area contributed by atoms with Crippen LogP contribution in [0.5, 0.6) is 0 Å². The third-order valence-corrected chi connectivity index (χ3v) is 8.52. The van der Waals surface area contributed by atoms with Crippen LogP contribution in [0.4, 0.5) is 0 Å². The van der Waals surface area contributed by atoms with Gasteiger partial charge in [-0.25, -0.2) is 0 Å². The molecule has 0 saturated carbocycles. The fourth-order valence-electron chi connectivity index (χ4n) is 5.55. The first kappa shape index (κ1) is 33.7. The molecule has 7 aromatic rings. The van der Waals surface area contributed by atoms with E-state index in [0.29, 0.717) is 71.0 Å². The maximum atomic E-state index is 13.1. The molecule has 0 atom stereocenters. The molecule has 0 fully saturated rings. The van der Waals surface area contributed by atoms with E-state index >= 15 is 0 Å². The SMILES string of the molecule is CC(=O)N(C)CCCN(C)C(=O)c1cccc(-c2noc(-c3cccc(-c4nc(-c5cccc(-c6noc(-c7cccc(C)c7)n6)c5)no4)c3)n2)c1. The van der Waals surface area contributed by atoms with Gasteiger partial charge < -0.3 is 23.4 Å². The van der Waals surface area contributed by atoms with Gasteiger partial charge in [-0.05, 0) is 61.9 Å². The Morgan fingerprint density at radius 1 is 0.558 bits per heavy atom. The van der Waals surface area contributed by atoms with Crippen molar-refractivity contribution in [1.29, 1.82) is 0 Å². The average Bonchev–Trinajstić information content (AvgIpc) is 3.97. The van der Waals surface area contributed by atoms with Crippen LogP contribution in [0.25, 0.3) is 68.5 Å². The Hall–Kier alpha value is -6.76. The molecule has 7 rings (SSSR count). The van der Waals surface area contributed by atoms with E-state index < -0.39 is 0 Å². The van der Waals surface area contributed by atoms with Gasteiger partial charge in [-0.3, -0.25) is 9.59 Å². The molecular weight excluding hydrogens is 660 g/mol. The summed E-state index contributed by atoms with van der Waals surface area (Å²) in [6, 6.07) is 29.9. The summed E-state index contributed by atoms with van der Waals surface area (Å²) in [6.45, 7) is 4.61. The number of aromatic nitrogens is 6. The number of aryl methyl sites for hydroxylation is 1. The van der Waals surface area contributed by atoms with E-state index in [2.05, 4.69) is 30.4 Å². The van der Waals surface area contributed by atoms with Gasteiger partial charge >= 0.3 is 0 Å². The highest BCUT2D eigenvalue weighted by molar-refractivity contribution is 5.95. The third kappa shape index (κ3) is 7.38. The number of hydrogen-bond acceptors (Lipinski definition) is 11. The molecule has 13 nitrogen and oxygen atoms in total. The lowest BCUT2D eigenvalue weighted by molar-refractivity contribution is -0.127. The van der Waals surface area contributed by atoms with Crippen LogP contribution in [0.1, 0.15) is 29.3 Å². The van der Waals surface area contributed by atoms with Crippen molar-refractivity contribution in [2.24, 2.45) is 0 Å². The molecule has 0 aliphatic rings. The van der Waals surface area contributed by atoms with Crippen LogP contribution in [0.3, 0.4) is 0 Å². The number of carbonyl (C=O) groups is 2. The van der Waals surface area contributed by atoms with Gasteiger partial charge in [-0.15, -0.1) is 0 Å². The van der Waals surface area contributed by atoms with Gasteiger partial charge in [0.1, 0.15) is 0 Å². The molecule has 52 heavy (non-hydrogen) atoms. The predicted octanol–water partition coefficient (Wildman–Crippen LogP) is 7.09. The molecule has 0 radical (unpaired) electrons. The molecule has 0 N–H and O–H groups in total. The van der Waals surface area contributed by atoms with Crippen LogP contribution in [0.2, 0.25) is 0 Å². The Balaban J connectivity index is 1.05. The topological polar surface area (TPSA) is 157 Å². The van der Waals surface area contributed by atoms with E-state index in [9.17, 15) is 9.59 Å². The summed E-state index contributed by atoms with van der Waals surface area (Å²) in [7, 11) is 3.48. The Morgan fingerprint density at radius 3 is 1.50 bits per heavy atom. The Kier molecular flexibility index (Phi) is 9.48. The zero-order valence-corrected chi connectivity index (χ0v) is 29.0. The molecule has 260 valence electrons. The lowest BCUT2D eigenvalue weighted by Crippen LogP contribution is -2.31. The Labute approximate surface area is 298 Å². The highest BCUT2D eigenvalue weighted by Crippen LogP contribution is 2.30. The summed E-state index contributed by atoms with van der Waals surface area (Å²) in [5.41, 5.74) is 5.87. The Morgan fingerprint density at radius 2 is 0.981 bits per heavy atom. The quantitative estimate of drug-likeness (QED) is 0.136. The van der Waals surface area contributed by atoms with Gasteiger partial charge in [-0.2, -0.15) is 15.0 Å². The lowest BCUT2D eigenvalue weighted by atomic mass is 10.1. The van der Waals surface area contributed by atoms with Crippen molar-refractivity contribution in [3.8, 4) is 68.5 Å². The second kappa shape index (κ2) is 14.6. The predicted molar refractivity (Wildman–Crippen MR) is 192 cm³/mol. The maximum Gasteiger partial charge on any atom is 0.258 e. The minimum Gasteiger partial charge on any atom is -0.346 e. The average molecular weight is 695 g/mol. The molecule has 2 amide bonds. The molecule has 4 aromatic carbocycles. The maximum absolute atomic E-state index is 13.1. The van der Waals surface area contributed by atoms with Crippen molar-refractivity contribution in [3.05, 3.63) is 108 Å². The smallest absolute Gasteiger partial charge is 0.258 e. The molecule has 0 bridgehead atoms. The standard InChI is InChI=1S/C39H34N8O5/c1-24-10-5-14-29(20-24)36-40-33(43-50-36)26-11-6-12-27(21-26)34-41-37(51-44-34)30-15-8-16-31(23-30)38-42-35(45-52-38)28-13-7-17-32(22-28)39(49)47(4)19-9-18-46(3)25(2)48/h5-8,10-17,20-23H,9,18-19H2,1-4H3. The van der Waals surface area contributed by atoms with E-state index in [0.717, 1.165) is 22.3 Å². The van der Waals surface area contributed by atoms with Gasteiger partial charge in [0.05, 0.1) is 0 Å². The first-order chi connectivity index (χ1) is 25.2. The lowest BCUT2D eigenvalue weighted by Gasteiger charge is -2.20. The second-order valence-corrected chi connectivity index (χ2v) is 12.4. The normalized spacial score (nSPS) is 11.1. The van der Waals surface area contributed by atoms with Crippen molar-refractivity contribution in [3.63, 3.8) is 0 Å². The number of rotatable bonds is 11. The van der Waals surface area contributed by atoms with Crippen LogP contribution < -0.4 is 0 Å². The largest absolute Gasteiger partial charge is 0.346 e. The van der Waals surface area contributed by atoms with Crippen molar-refractivity contribution in [2.75, 3.05) is 27.2 Å². The van der Waals surface area contributed by atoms with Crippen molar-refractivity contribution >= 4 is 11.8 Å². The molecule has 0 saturated heterocycles. The van der Waals surface area contributed by atoms with Crippen LogP contribution in [-0.4, -0.2) is 79.2 Å². The fourth-order valence-corrected chi connectivity index (χ4v) is 5.55. The van der Waals surface area contributed by atoms with Gasteiger partial charge in [-0.1, -0.05) is 69.6 Å². The Bertz CT molecular complexity index is 2380. The molecule has 3 aromatic heterocycles. The van der Waals surface area contributed by atoms with E-state index in [4.69, 9.17) is 13.6 Å². The minimum atomic E-state index is -0.142.